The molecule has 8 heteroatoms. The fourth-order valence-corrected chi connectivity index (χ4v) is 0.803. The number of alkyl halides is 1. The zero-order valence-electron chi connectivity index (χ0n) is 9.51. The maximum atomic E-state index is 11.0. The maximum Gasteiger partial charge on any atom is 0.351 e. The molecule has 0 aromatic carbocycles. The highest BCUT2D eigenvalue weighted by atomic mass is 79.9. The molecule has 0 aliphatic rings. The number of rotatable bonds is 6. The normalized spacial score (nSPS) is 9.89. The average molecular weight is 323 g/mol. The highest BCUT2D eigenvalue weighted by Crippen LogP contribution is 1.90. The Morgan fingerprint density at radius 3 is 2.06 bits per heavy atom. The van der Waals surface area contributed by atoms with Crippen molar-refractivity contribution in [3.8, 4) is 0 Å². The van der Waals surface area contributed by atoms with Crippen LogP contribution in [0, 0.1) is 0 Å². The highest BCUT2D eigenvalue weighted by Gasteiger charge is 2.11. The molecule has 0 N–H and O–H groups in total. The molecule has 0 unspecified atom stereocenters. The first-order valence-electron chi connectivity index (χ1n) is 4.80. The fraction of sp³-hybridized carbons (Fsp3) is 0.400. The van der Waals surface area contributed by atoms with Gasteiger partial charge in [-0.25, -0.2) is 14.4 Å². The molecule has 0 saturated heterocycles. The lowest BCUT2D eigenvalue weighted by Gasteiger charge is -2.01. The molecule has 0 fully saturated rings. The Hall–Kier alpha value is -1.70. The monoisotopic (exact) mass is 322 g/mol. The van der Waals surface area contributed by atoms with E-state index >= 15 is 0 Å². The van der Waals surface area contributed by atoms with Crippen molar-refractivity contribution < 1.29 is 33.4 Å². The van der Waals surface area contributed by atoms with Crippen LogP contribution in [0.25, 0.3) is 0 Å². The number of hydrogen-bond donors (Lipinski definition) is 0. The van der Waals surface area contributed by atoms with Crippen molar-refractivity contribution >= 4 is 39.8 Å². The van der Waals surface area contributed by atoms with Crippen LogP contribution < -0.4 is 0 Å². The molecular formula is C10H11BrO7. The van der Waals surface area contributed by atoms with Crippen LogP contribution in [-0.2, 0) is 33.4 Å². The van der Waals surface area contributed by atoms with Crippen molar-refractivity contribution in [2.45, 2.75) is 6.92 Å². The van der Waals surface area contributed by atoms with E-state index in [9.17, 15) is 19.2 Å². The molecule has 100 valence electrons. The van der Waals surface area contributed by atoms with Crippen LogP contribution in [0.1, 0.15) is 6.92 Å². The second-order valence-electron chi connectivity index (χ2n) is 2.67. The van der Waals surface area contributed by atoms with Crippen LogP contribution in [0.5, 0.6) is 0 Å². The Kier molecular flexibility index (Phi) is 8.46. The molecule has 0 radical (unpaired) electrons. The van der Waals surface area contributed by atoms with Crippen LogP contribution in [0.4, 0.5) is 0 Å². The summed E-state index contributed by atoms with van der Waals surface area (Å²) in [5.41, 5.74) is 0. The molecule has 0 rings (SSSR count). The van der Waals surface area contributed by atoms with E-state index in [1.54, 1.807) is 6.92 Å². The van der Waals surface area contributed by atoms with Crippen LogP contribution >= 0.6 is 15.9 Å². The van der Waals surface area contributed by atoms with Gasteiger partial charge in [-0.05, 0) is 6.92 Å². The van der Waals surface area contributed by atoms with E-state index in [-0.39, 0.29) is 11.9 Å². The maximum absolute atomic E-state index is 11.0. The molecule has 0 atom stereocenters. The molecule has 0 aliphatic heterocycles. The number of carbonyl (C=O) groups excluding carboxylic acids is 4. The van der Waals surface area contributed by atoms with E-state index < -0.39 is 30.5 Å². The molecule has 0 aromatic rings. The van der Waals surface area contributed by atoms with Gasteiger partial charge in [-0.15, -0.1) is 0 Å². The van der Waals surface area contributed by atoms with Gasteiger partial charge in [0.15, 0.2) is 6.61 Å². The molecule has 0 spiro atoms. The molecule has 0 saturated carbocycles. The third kappa shape index (κ3) is 8.45. The largest absolute Gasteiger partial charge is 0.463 e. The summed E-state index contributed by atoms with van der Waals surface area (Å²) in [6.07, 6.45) is 1.67. The lowest BCUT2D eigenvalue weighted by molar-refractivity contribution is -0.164. The SMILES string of the molecule is CCOC(=O)C=CC(=O)OCC(=O)OC(=O)CBr. The zero-order valence-corrected chi connectivity index (χ0v) is 11.1. The molecule has 0 aliphatic carbocycles. The van der Waals surface area contributed by atoms with Crippen molar-refractivity contribution in [1.82, 2.24) is 0 Å². The Balaban J connectivity index is 3.93. The topological polar surface area (TPSA) is 96.0 Å². The van der Waals surface area contributed by atoms with E-state index in [4.69, 9.17) is 0 Å². The van der Waals surface area contributed by atoms with Crippen molar-refractivity contribution in [3.63, 3.8) is 0 Å². The summed E-state index contributed by atoms with van der Waals surface area (Å²) >= 11 is 2.78. The lowest BCUT2D eigenvalue weighted by atomic mass is 10.5. The van der Waals surface area contributed by atoms with E-state index in [1.165, 1.54) is 0 Å². The number of halogens is 1. The summed E-state index contributed by atoms with van der Waals surface area (Å²) in [4.78, 5) is 43.4. The molecule has 0 heterocycles. The minimum absolute atomic E-state index is 0.143. The first-order valence-corrected chi connectivity index (χ1v) is 5.92. The molecular weight excluding hydrogens is 312 g/mol. The average Bonchev–Trinajstić information content (AvgIpc) is 2.34. The zero-order chi connectivity index (χ0) is 14.0. The Morgan fingerprint density at radius 1 is 1.00 bits per heavy atom. The second-order valence-corrected chi connectivity index (χ2v) is 3.23. The van der Waals surface area contributed by atoms with Crippen LogP contribution in [-0.4, -0.2) is 42.4 Å². The third-order valence-corrected chi connectivity index (χ3v) is 1.77. The minimum atomic E-state index is -1.00. The van der Waals surface area contributed by atoms with E-state index in [2.05, 4.69) is 30.1 Å². The third-order valence-electron chi connectivity index (χ3n) is 1.31. The van der Waals surface area contributed by atoms with E-state index in [0.717, 1.165) is 12.2 Å². The van der Waals surface area contributed by atoms with Crippen molar-refractivity contribution in [2.75, 3.05) is 18.5 Å². The van der Waals surface area contributed by atoms with Gasteiger partial charge < -0.3 is 14.2 Å². The summed E-state index contributed by atoms with van der Waals surface area (Å²) in [5, 5.41) is -0.143. The lowest BCUT2D eigenvalue weighted by Crippen LogP contribution is -2.19. The Morgan fingerprint density at radius 2 is 1.56 bits per heavy atom. The van der Waals surface area contributed by atoms with Crippen molar-refractivity contribution in [1.29, 1.82) is 0 Å². The molecule has 0 aromatic heterocycles. The summed E-state index contributed by atoms with van der Waals surface area (Å²) in [6, 6.07) is 0. The van der Waals surface area contributed by atoms with E-state index in [1.807, 2.05) is 0 Å². The summed E-state index contributed by atoms with van der Waals surface area (Å²) in [5.74, 6) is -3.42. The highest BCUT2D eigenvalue weighted by molar-refractivity contribution is 9.09. The number of hydrogen-bond acceptors (Lipinski definition) is 7. The summed E-state index contributed by atoms with van der Waals surface area (Å²) < 4.78 is 13.1. The first kappa shape index (κ1) is 16.3. The second kappa shape index (κ2) is 9.34. The van der Waals surface area contributed by atoms with Crippen molar-refractivity contribution in [2.24, 2.45) is 0 Å². The summed E-state index contributed by atoms with van der Waals surface area (Å²) in [7, 11) is 0. The van der Waals surface area contributed by atoms with Gasteiger partial charge in [-0.2, -0.15) is 0 Å². The molecule has 0 amide bonds. The van der Waals surface area contributed by atoms with Gasteiger partial charge in [0.1, 0.15) is 5.33 Å². The van der Waals surface area contributed by atoms with Gasteiger partial charge >= 0.3 is 23.9 Å². The van der Waals surface area contributed by atoms with Crippen LogP contribution in [0.2, 0.25) is 0 Å². The molecule has 18 heavy (non-hydrogen) atoms. The van der Waals surface area contributed by atoms with Crippen molar-refractivity contribution in [3.05, 3.63) is 12.2 Å². The van der Waals surface area contributed by atoms with Gasteiger partial charge in [0.25, 0.3) is 0 Å². The smallest absolute Gasteiger partial charge is 0.351 e. The summed E-state index contributed by atoms with van der Waals surface area (Å²) in [6.45, 7) is 1.07. The van der Waals surface area contributed by atoms with Gasteiger partial charge in [0, 0.05) is 12.2 Å². The Labute approximate surface area is 111 Å². The van der Waals surface area contributed by atoms with Gasteiger partial charge in [0.2, 0.25) is 0 Å². The Bertz CT molecular complexity index is 361. The van der Waals surface area contributed by atoms with E-state index in [0.29, 0.717) is 0 Å². The minimum Gasteiger partial charge on any atom is -0.463 e. The quantitative estimate of drug-likeness (QED) is 0.225. The van der Waals surface area contributed by atoms with Gasteiger partial charge in [-0.1, -0.05) is 15.9 Å². The molecule has 7 nitrogen and oxygen atoms in total. The number of ether oxygens (including phenoxy) is 3. The number of carbonyl (C=O) groups is 4. The predicted octanol–water partition coefficient (Wildman–Crippen LogP) is 0.114. The van der Waals surface area contributed by atoms with Gasteiger partial charge in [0.05, 0.1) is 6.61 Å². The number of esters is 4. The predicted molar refractivity (Wildman–Crippen MR) is 61.6 cm³/mol. The van der Waals surface area contributed by atoms with Crippen LogP contribution in [0.3, 0.4) is 0 Å². The molecule has 0 bridgehead atoms. The van der Waals surface area contributed by atoms with Gasteiger partial charge in [-0.3, -0.25) is 4.79 Å². The fourth-order valence-electron chi connectivity index (χ4n) is 0.688. The van der Waals surface area contributed by atoms with Crippen LogP contribution in [0.15, 0.2) is 12.2 Å². The standard InChI is InChI=1S/C10H11BrO7/c1-2-16-7(12)3-4-8(13)17-6-10(15)18-9(14)5-11/h3-4H,2,5-6H2,1H3. The first-order chi connectivity index (χ1) is 8.49.